The van der Waals surface area contributed by atoms with Gasteiger partial charge in [0.25, 0.3) is 0 Å². The van der Waals surface area contributed by atoms with Crippen LogP contribution in [-0.4, -0.2) is 31.7 Å². The van der Waals surface area contributed by atoms with Crippen molar-refractivity contribution in [3.05, 3.63) is 63.6 Å². The Balaban J connectivity index is 1.57. The van der Waals surface area contributed by atoms with Crippen LogP contribution in [0, 0.1) is 5.92 Å². The van der Waals surface area contributed by atoms with Gasteiger partial charge < -0.3 is 5.32 Å². The zero-order valence-corrected chi connectivity index (χ0v) is 18.6. The molecule has 1 saturated heterocycles. The molecule has 0 aliphatic carbocycles. The molecule has 0 spiro atoms. The molecular weight excluding hydrogens is 464 g/mol. The number of carbonyl (C=O) groups excluding carboxylic acids is 1. The van der Waals surface area contributed by atoms with Crippen molar-refractivity contribution in [3.63, 3.8) is 0 Å². The number of halogens is 2. The number of amides is 1. The zero-order valence-electron chi connectivity index (χ0n) is 15.4. The fraction of sp³-hybridized carbons (Fsp3) is 0.350. The van der Waals surface area contributed by atoms with Gasteiger partial charge in [0.05, 0.1) is 10.9 Å². The van der Waals surface area contributed by atoms with Crippen molar-refractivity contribution in [3.8, 4) is 0 Å². The van der Waals surface area contributed by atoms with E-state index in [-0.39, 0.29) is 22.8 Å². The molecule has 0 bridgehead atoms. The van der Waals surface area contributed by atoms with Crippen LogP contribution in [0.15, 0.2) is 57.9 Å². The third-order valence-electron chi connectivity index (χ3n) is 5.00. The van der Waals surface area contributed by atoms with E-state index in [4.69, 9.17) is 11.6 Å². The molecule has 1 amide bonds. The Bertz CT molecular complexity index is 925. The van der Waals surface area contributed by atoms with Gasteiger partial charge in [-0.1, -0.05) is 39.7 Å². The second-order valence-electron chi connectivity index (χ2n) is 6.91. The number of carbonyl (C=O) groups is 1. The number of piperidine rings is 1. The van der Waals surface area contributed by atoms with Crippen LogP contribution in [0.1, 0.15) is 31.4 Å². The first kappa shape index (κ1) is 21.3. The Morgan fingerprint density at radius 1 is 1.11 bits per heavy atom. The van der Waals surface area contributed by atoms with Crippen molar-refractivity contribution < 1.29 is 13.2 Å². The molecular formula is C20H22BrClN2O3S. The summed E-state index contributed by atoms with van der Waals surface area (Å²) in [6, 6.07) is 13.9. The Morgan fingerprint density at radius 2 is 1.68 bits per heavy atom. The first-order valence-electron chi connectivity index (χ1n) is 9.09. The summed E-state index contributed by atoms with van der Waals surface area (Å²) in [4.78, 5) is 12.8. The van der Waals surface area contributed by atoms with Crippen molar-refractivity contribution in [2.45, 2.75) is 30.7 Å². The van der Waals surface area contributed by atoms with Gasteiger partial charge in [0, 0.05) is 28.5 Å². The van der Waals surface area contributed by atoms with Crippen molar-refractivity contribution in [1.82, 2.24) is 9.62 Å². The summed E-state index contributed by atoms with van der Waals surface area (Å²) in [5.41, 5.74) is 1.03. The quantitative estimate of drug-likeness (QED) is 0.683. The molecule has 1 fully saturated rings. The highest BCUT2D eigenvalue weighted by Gasteiger charge is 2.32. The normalized spacial score (nSPS) is 17.2. The monoisotopic (exact) mass is 484 g/mol. The van der Waals surface area contributed by atoms with Gasteiger partial charge in [-0.3, -0.25) is 4.79 Å². The highest BCUT2D eigenvalue weighted by atomic mass is 79.9. The molecule has 8 heteroatoms. The Kier molecular flexibility index (Phi) is 6.81. The molecule has 1 atom stereocenters. The van der Waals surface area contributed by atoms with E-state index in [1.54, 1.807) is 12.1 Å². The molecule has 2 aromatic carbocycles. The number of rotatable bonds is 5. The van der Waals surface area contributed by atoms with Crippen LogP contribution >= 0.6 is 27.5 Å². The van der Waals surface area contributed by atoms with Crippen molar-refractivity contribution in [2.75, 3.05) is 13.1 Å². The molecule has 150 valence electrons. The zero-order chi connectivity index (χ0) is 20.3. The van der Waals surface area contributed by atoms with E-state index in [2.05, 4.69) is 21.2 Å². The van der Waals surface area contributed by atoms with Crippen molar-refractivity contribution in [2.24, 2.45) is 5.92 Å². The molecule has 0 saturated carbocycles. The molecule has 0 unspecified atom stereocenters. The summed E-state index contributed by atoms with van der Waals surface area (Å²) in [7, 11) is -3.56. The van der Waals surface area contributed by atoms with Crippen LogP contribution in [-0.2, 0) is 14.8 Å². The lowest BCUT2D eigenvalue weighted by Crippen LogP contribution is -2.43. The largest absolute Gasteiger partial charge is 0.349 e. The van der Waals surface area contributed by atoms with Crippen molar-refractivity contribution in [1.29, 1.82) is 0 Å². The fourth-order valence-electron chi connectivity index (χ4n) is 3.28. The predicted octanol–water partition coefficient (Wildman–Crippen LogP) is 4.38. The second kappa shape index (κ2) is 8.95. The molecule has 2 aromatic rings. The van der Waals surface area contributed by atoms with Crippen LogP contribution in [0.2, 0.25) is 5.02 Å². The van der Waals surface area contributed by atoms with E-state index in [9.17, 15) is 13.2 Å². The fourth-order valence-corrected chi connectivity index (χ4v) is 5.14. The first-order chi connectivity index (χ1) is 13.3. The van der Waals surface area contributed by atoms with Gasteiger partial charge in [0.15, 0.2) is 0 Å². The summed E-state index contributed by atoms with van der Waals surface area (Å²) in [5, 5.41) is 3.53. The van der Waals surface area contributed by atoms with Gasteiger partial charge in [0.2, 0.25) is 15.9 Å². The highest BCUT2D eigenvalue weighted by molar-refractivity contribution is 9.10. The molecule has 1 aliphatic heterocycles. The van der Waals surface area contributed by atoms with Crippen LogP contribution in [0.3, 0.4) is 0 Å². The summed E-state index contributed by atoms with van der Waals surface area (Å²) in [5.74, 6) is -0.214. The summed E-state index contributed by atoms with van der Waals surface area (Å²) in [6.07, 6.45) is 1.01. The lowest BCUT2D eigenvalue weighted by Gasteiger charge is -2.31. The third kappa shape index (κ3) is 4.95. The number of hydrogen-bond donors (Lipinski definition) is 1. The van der Waals surface area contributed by atoms with E-state index < -0.39 is 10.0 Å². The van der Waals surface area contributed by atoms with E-state index in [1.165, 1.54) is 16.4 Å². The Morgan fingerprint density at radius 3 is 2.25 bits per heavy atom. The maximum atomic E-state index is 12.7. The SMILES string of the molecule is C[C@H](NC(=O)C1CCN(S(=O)(=O)c2ccc(Cl)cc2)CC1)c1ccc(Br)cc1. The molecule has 3 rings (SSSR count). The molecule has 1 aliphatic rings. The highest BCUT2D eigenvalue weighted by Crippen LogP contribution is 2.26. The molecule has 1 N–H and O–H groups in total. The Hall–Kier alpha value is -1.41. The lowest BCUT2D eigenvalue weighted by atomic mass is 9.96. The maximum Gasteiger partial charge on any atom is 0.243 e. The van der Waals surface area contributed by atoms with Gasteiger partial charge in [-0.15, -0.1) is 0 Å². The average molecular weight is 486 g/mol. The van der Waals surface area contributed by atoms with E-state index in [0.29, 0.717) is 31.0 Å². The lowest BCUT2D eigenvalue weighted by molar-refractivity contribution is -0.126. The molecule has 0 radical (unpaired) electrons. The molecule has 0 aromatic heterocycles. The van der Waals surface area contributed by atoms with E-state index >= 15 is 0 Å². The van der Waals surface area contributed by atoms with Crippen LogP contribution < -0.4 is 5.32 Å². The third-order valence-corrected chi connectivity index (χ3v) is 7.70. The van der Waals surface area contributed by atoms with E-state index in [1.807, 2.05) is 31.2 Å². The van der Waals surface area contributed by atoms with Gasteiger partial charge in [-0.05, 0) is 61.7 Å². The minimum absolute atomic E-state index is 0.0287. The summed E-state index contributed by atoms with van der Waals surface area (Å²) in [6.45, 7) is 2.60. The number of nitrogens with zero attached hydrogens (tertiary/aromatic N) is 1. The average Bonchev–Trinajstić information content (AvgIpc) is 2.69. The van der Waals surface area contributed by atoms with Crippen LogP contribution in [0.4, 0.5) is 0 Å². The number of sulfonamides is 1. The molecule has 28 heavy (non-hydrogen) atoms. The van der Waals surface area contributed by atoms with E-state index in [0.717, 1.165) is 10.0 Å². The minimum atomic E-state index is -3.56. The van der Waals surface area contributed by atoms with Gasteiger partial charge in [-0.25, -0.2) is 8.42 Å². The Labute approximate surface area is 179 Å². The topological polar surface area (TPSA) is 66.5 Å². The van der Waals surface area contributed by atoms with Crippen LogP contribution in [0.5, 0.6) is 0 Å². The summed E-state index contributed by atoms with van der Waals surface area (Å²) >= 11 is 9.24. The van der Waals surface area contributed by atoms with Crippen molar-refractivity contribution >= 4 is 43.5 Å². The number of benzene rings is 2. The number of hydrogen-bond acceptors (Lipinski definition) is 3. The number of nitrogens with one attached hydrogen (secondary N) is 1. The van der Waals surface area contributed by atoms with Gasteiger partial charge >= 0.3 is 0 Å². The van der Waals surface area contributed by atoms with Gasteiger partial charge in [0.1, 0.15) is 0 Å². The second-order valence-corrected chi connectivity index (χ2v) is 10.2. The smallest absolute Gasteiger partial charge is 0.243 e. The predicted molar refractivity (Wildman–Crippen MR) is 114 cm³/mol. The van der Waals surface area contributed by atoms with Gasteiger partial charge in [-0.2, -0.15) is 4.31 Å². The molecule has 5 nitrogen and oxygen atoms in total. The van der Waals surface area contributed by atoms with Crippen LogP contribution in [0.25, 0.3) is 0 Å². The minimum Gasteiger partial charge on any atom is -0.349 e. The standard InChI is InChI=1S/C20H22BrClN2O3S/c1-14(15-2-4-17(21)5-3-15)23-20(25)16-10-12-24(13-11-16)28(26,27)19-8-6-18(22)7-9-19/h2-9,14,16H,10-13H2,1H3,(H,23,25)/t14-/m0/s1. The first-order valence-corrected chi connectivity index (χ1v) is 11.7. The maximum absolute atomic E-state index is 12.7. The summed E-state index contributed by atoms with van der Waals surface area (Å²) < 4.78 is 27.9. The molecule has 1 heterocycles.